The monoisotopic (exact) mass is 471 g/mol. The maximum atomic E-state index is 13.2. The lowest BCUT2D eigenvalue weighted by Gasteiger charge is -2.60. The fraction of sp³-hybridized carbons (Fsp3) is 0.727. The Hall–Kier alpha value is -1.25. The summed E-state index contributed by atoms with van der Waals surface area (Å²) in [5.41, 5.74) is -1.01. The maximum Gasteiger partial charge on any atom is 0.249 e. The van der Waals surface area contributed by atoms with Crippen LogP contribution in [0.25, 0.3) is 0 Å². The first-order chi connectivity index (χ1) is 15.6. The molecule has 7 N–H and O–H groups in total. The summed E-state index contributed by atoms with van der Waals surface area (Å²) < 4.78 is 31.0. The Morgan fingerprint density at radius 3 is 2.30 bits per heavy atom. The molecule has 1 saturated carbocycles. The second-order valence-electron chi connectivity index (χ2n) is 9.23. The maximum absolute atomic E-state index is 13.2. The van der Waals surface area contributed by atoms with Gasteiger partial charge in [0.15, 0.2) is 0 Å². The van der Waals surface area contributed by atoms with E-state index in [1.54, 1.807) is 33.2 Å². The minimum atomic E-state index is -2.27. The van der Waals surface area contributed by atoms with Crippen LogP contribution in [0.1, 0.15) is 18.9 Å². The van der Waals surface area contributed by atoms with E-state index in [2.05, 4.69) is 16.0 Å². The van der Waals surface area contributed by atoms with Crippen LogP contribution in [0.3, 0.4) is 0 Å². The average molecular weight is 472 g/mol. The Kier molecular flexibility index (Phi) is 7.10. The van der Waals surface area contributed by atoms with Gasteiger partial charge >= 0.3 is 0 Å². The molecule has 10 atom stereocenters. The van der Waals surface area contributed by atoms with E-state index in [-0.39, 0.29) is 18.8 Å². The number of halogens is 1. The number of hydrogen-bond donors (Lipinski definition) is 7. The van der Waals surface area contributed by atoms with Gasteiger partial charge in [0.1, 0.15) is 29.7 Å². The zero-order valence-electron chi connectivity index (χ0n) is 18.9. The smallest absolute Gasteiger partial charge is 0.249 e. The van der Waals surface area contributed by atoms with E-state index >= 15 is 0 Å². The summed E-state index contributed by atoms with van der Waals surface area (Å²) in [6.45, 7) is 2.00. The third-order valence-electron chi connectivity index (χ3n) is 7.01. The van der Waals surface area contributed by atoms with Crippen LogP contribution in [0.15, 0.2) is 24.3 Å². The van der Waals surface area contributed by atoms with Crippen molar-refractivity contribution in [3.63, 3.8) is 0 Å². The molecule has 1 aromatic carbocycles. The number of ether oxygens (including phenoxy) is 3. The minimum absolute atomic E-state index is 0.0473. The van der Waals surface area contributed by atoms with Crippen LogP contribution < -0.4 is 16.0 Å². The molecule has 0 amide bonds. The van der Waals surface area contributed by atoms with Crippen LogP contribution in [0.2, 0.25) is 0 Å². The number of hydrogen-bond acceptors (Lipinski definition) is 10. The lowest BCUT2D eigenvalue weighted by Crippen LogP contribution is -2.81. The highest BCUT2D eigenvalue weighted by molar-refractivity contribution is 5.16. The van der Waals surface area contributed by atoms with E-state index in [4.69, 9.17) is 14.2 Å². The Balaban J connectivity index is 1.56. The molecule has 2 saturated heterocycles. The summed E-state index contributed by atoms with van der Waals surface area (Å²) >= 11 is 0. The van der Waals surface area contributed by atoms with Gasteiger partial charge in [0.2, 0.25) is 12.1 Å². The van der Waals surface area contributed by atoms with Gasteiger partial charge in [0.25, 0.3) is 0 Å². The number of aliphatic hydroxyl groups excluding tert-OH is 2. The highest BCUT2D eigenvalue weighted by Gasteiger charge is 2.68. The van der Waals surface area contributed by atoms with Gasteiger partial charge < -0.3 is 50.6 Å². The molecule has 1 aliphatic carbocycles. The predicted molar refractivity (Wildman–Crippen MR) is 114 cm³/mol. The highest BCUT2D eigenvalue weighted by atomic mass is 19.1. The van der Waals surface area contributed by atoms with Crippen molar-refractivity contribution in [3.05, 3.63) is 35.6 Å². The van der Waals surface area contributed by atoms with Crippen molar-refractivity contribution in [2.75, 3.05) is 20.6 Å². The molecule has 33 heavy (non-hydrogen) atoms. The first-order valence-electron chi connectivity index (χ1n) is 11.2. The molecule has 2 heterocycles. The minimum Gasteiger partial charge on any atom is -0.390 e. The Bertz CT molecular complexity index is 820. The van der Waals surface area contributed by atoms with Crippen molar-refractivity contribution in [3.8, 4) is 0 Å². The van der Waals surface area contributed by atoms with Crippen molar-refractivity contribution in [1.29, 1.82) is 0 Å². The molecule has 4 rings (SSSR count). The quantitative estimate of drug-likeness (QED) is 0.253. The molecule has 186 valence electrons. The average Bonchev–Trinajstić information content (AvgIpc) is 2.76. The molecule has 0 unspecified atom stereocenters. The standard InChI is InChI=1S/C22H34FN3O7/c1-11-8-21(29,10-26-9-12-4-6-13(23)7-5-12)22(30)20(31-11)32-19-17(28)14(24-2)16(27)15(25-3)18(19)33-22/h4-7,11,14-20,24-30H,8-10H2,1-3H3/t11-,14-,15+,16+,17+,18-,19-,20+,21+,22-/m1/s1. The highest BCUT2D eigenvalue weighted by Crippen LogP contribution is 2.46. The van der Waals surface area contributed by atoms with Gasteiger partial charge in [0.05, 0.1) is 24.3 Å². The molecule has 3 aliphatic rings. The lowest BCUT2D eigenvalue weighted by atomic mass is 9.77. The fourth-order valence-electron chi connectivity index (χ4n) is 5.24. The zero-order chi connectivity index (χ0) is 24.0. The molecule has 0 bridgehead atoms. The molecular formula is C22H34FN3O7. The summed E-state index contributed by atoms with van der Waals surface area (Å²) in [7, 11) is 3.25. The van der Waals surface area contributed by atoms with Crippen LogP contribution in [0.5, 0.6) is 0 Å². The summed E-state index contributed by atoms with van der Waals surface area (Å²) in [6, 6.07) is 4.55. The SMILES string of the molecule is CN[C@@H]1[C@H](O)[C@H](NC)[C@H]2O[C@]3(O)[C@H](O[C@@H]2[C@H]1O)O[C@H](C)C[C@]3(O)CNCc1ccc(F)cc1. The van der Waals surface area contributed by atoms with Gasteiger partial charge in [-0.05, 0) is 38.7 Å². The summed E-state index contributed by atoms with van der Waals surface area (Å²) in [6.07, 6.45) is -5.87. The number of benzene rings is 1. The largest absolute Gasteiger partial charge is 0.390 e. The fourth-order valence-corrected chi connectivity index (χ4v) is 5.24. The van der Waals surface area contributed by atoms with E-state index in [9.17, 15) is 24.8 Å². The molecule has 3 fully saturated rings. The second kappa shape index (κ2) is 9.42. The van der Waals surface area contributed by atoms with E-state index in [0.717, 1.165) is 5.56 Å². The van der Waals surface area contributed by atoms with Crippen molar-refractivity contribution in [2.24, 2.45) is 0 Å². The van der Waals surface area contributed by atoms with Crippen LogP contribution in [0, 0.1) is 5.82 Å². The molecule has 10 nitrogen and oxygen atoms in total. The molecule has 11 heteroatoms. The number of aliphatic hydroxyl groups is 4. The van der Waals surface area contributed by atoms with Gasteiger partial charge in [-0.15, -0.1) is 0 Å². The van der Waals surface area contributed by atoms with Crippen molar-refractivity contribution >= 4 is 0 Å². The second-order valence-corrected chi connectivity index (χ2v) is 9.23. The van der Waals surface area contributed by atoms with E-state index < -0.39 is 60.3 Å². The zero-order valence-corrected chi connectivity index (χ0v) is 18.9. The van der Waals surface area contributed by atoms with Crippen molar-refractivity contribution < 1.29 is 39.0 Å². The van der Waals surface area contributed by atoms with E-state index in [0.29, 0.717) is 6.54 Å². The molecule has 2 aliphatic heterocycles. The van der Waals surface area contributed by atoms with Gasteiger partial charge in [-0.3, -0.25) is 0 Å². The van der Waals surface area contributed by atoms with Crippen molar-refractivity contribution in [2.45, 2.75) is 80.2 Å². The molecular weight excluding hydrogens is 437 g/mol. The Morgan fingerprint density at radius 1 is 1.00 bits per heavy atom. The number of nitrogens with one attached hydrogen (secondary N) is 3. The third-order valence-corrected chi connectivity index (χ3v) is 7.01. The van der Waals surface area contributed by atoms with Gasteiger partial charge in [-0.25, -0.2) is 4.39 Å². The number of fused-ring (bicyclic) bond motifs is 2. The Labute approximate surface area is 192 Å². The van der Waals surface area contributed by atoms with Crippen LogP contribution >= 0.6 is 0 Å². The third kappa shape index (κ3) is 4.31. The summed E-state index contributed by atoms with van der Waals surface area (Å²) in [5, 5.41) is 53.7. The summed E-state index contributed by atoms with van der Waals surface area (Å²) in [4.78, 5) is 0. The van der Waals surface area contributed by atoms with Crippen LogP contribution in [-0.2, 0) is 20.8 Å². The van der Waals surface area contributed by atoms with Gasteiger partial charge in [-0.1, -0.05) is 12.1 Å². The number of rotatable bonds is 6. The van der Waals surface area contributed by atoms with E-state index in [1.165, 1.54) is 12.1 Å². The first-order valence-corrected chi connectivity index (χ1v) is 11.2. The van der Waals surface area contributed by atoms with Crippen LogP contribution in [-0.4, -0.2) is 101 Å². The van der Waals surface area contributed by atoms with Gasteiger partial charge in [0, 0.05) is 19.5 Å². The Morgan fingerprint density at radius 2 is 1.67 bits per heavy atom. The molecule has 0 radical (unpaired) electrons. The lowest BCUT2D eigenvalue weighted by molar-refractivity contribution is -0.482. The molecule has 0 spiro atoms. The topological polar surface area (TPSA) is 145 Å². The van der Waals surface area contributed by atoms with Gasteiger partial charge in [-0.2, -0.15) is 0 Å². The molecule has 1 aromatic rings. The normalized spacial score (nSPS) is 45.3. The first kappa shape index (κ1) is 24.9. The van der Waals surface area contributed by atoms with Crippen LogP contribution in [0.4, 0.5) is 4.39 Å². The van der Waals surface area contributed by atoms with E-state index in [1.807, 2.05) is 0 Å². The number of likely N-dealkylation sites (N-methyl/N-ethyl adjacent to an activating group) is 2. The summed E-state index contributed by atoms with van der Waals surface area (Å²) in [5.74, 6) is -2.61. The predicted octanol–water partition coefficient (Wildman–Crippen LogP) is -1.83. The van der Waals surface area contributed by atoms with Crippen molar-refractivity contribution in [1.82, 2.24) is 16.0 Å². The molecule has 0 aromatic heterocycles.